The van der Waals surface area contributed by atoms with E-state index in [-0.39, 0.29) is 11.1 Å². The number of nitrogens with zero attached hydrogens (tertiary/aromatic N) is 3. The number of fused-ring (bicyclic) bond motifs is 1. The zero-order valence-corrected chi connectivity index (χ0v) is 14.1. The zero-order chi connectivity index (χ0) is 19.6. The van der Waals surface area contributed by atoms with Crippen molar-refractivity contribution in [3.05, 3.63) is 39.4 Å². The van der Waals surface area contributed by atoms with Crippen molar-refractivity contribution >= 4 is 29.4 Å². The van der Waals surface area contributed by atoms with Crippen molar-refractivity contribution in [1.82, 2.24) is 9.80 Å². The molecule has 0 spiro atoms. The minimum absolute atomic E-state index is 0.147. The van der Waals surface area contributed by atoms with Gasteiger partial charge in [0.05, 0.1) is 23.7 Å². The largest absolute Gasteiger partial charge is 0.454 e. The lowest BCUT2D eigenvalue weighted by Crippen LogP contribution is -2.43. The SMILES string of the molecule is O=C(CN1C(=O)c2cccc([N+](=O)[O-])c2C1=O)OCC(=O)N1CCOCC1. The lowest BCUT2D eigenvalue weighted by atomic mass is 10.1. The number of hydrogen-bond acceptors (Lipinski definition) is 8. The summed E-state index contributed by atoms with van der Waals surface area (Å²) in [7, 11) is 0. The summed E-state index contributed by atoms with van der Waals surface area (Å²) in [5.41, 5.74) is -1.01. The van der Waals surface area contributed by atoms with Gasteiger partial charge in [0, 0.05) is 19.2 Å². The molecule has 11 nitrogen and oxygen atoms in total. The van der Waals surface area contributed by atoms with Gasteiger partial charge in [-0.3, -0.25) is 34.2 Å². The Bertz CT molecular complexity index is 831. The average molecular weight is 377 g/mol. The van der Waals surface area contributed by atoms with E-state index in [0.29, 0.717) is 31.2 Å². The Morgan fingerprint density at radius 3 is 2.56 bits per heavy atom. The molecule has 1 aromatic carbocycles. The second-order valence-corrected chi connectivity index (χ2v) is 5.81. The zero-order valence-electron chi connectivity index (χ0n) is 14.1. The van der Waals surface area contributed by atoms with E-state index in [1.807, 2.05) is 0 Å². The van der Waals surface area contributed by atoms with Crippen LogP contribution < -0.4 is 0 Å². The Labute approximate surface area is 152 Å². The molecule has 0 bridgehead atoms. The van der Waals surface area contributed by atoms with Crippen molar-refractivity contribution in [2.24, 2.45) is 0 Å². The molecule has 2 heterocycles. The van der Waals surface area contributed by atoms with E-state index in [0.717, 1.165) is 6.07 Å². The molecule has 1 fully saturated rings. The molecule has 0 aliphatic carbocycles. The third kappa shape index (κ3) is 3.62. The molecular weight excluding hydrogens is 362 g/mol. The predicted octanol–water partition coefficient (Wildman–Crippen LogP) is -0.407. The van der Waals surface area contributed by atoms with Crippen molar-refractivity contribution in [3.8, 4) is 0 Å². The number of carbonyl (C=O) groups excluding carboxylic acids is 4. The molecule has 1 saturated heterocycles. The van der Waals surface area contributed by atoms with Crippen LogP contribution in [0.2, 0.25) is 0 Å². The van der Waals surface area contributed by atoms with Crippen LogP contribution in [0.3, 0.4) is 0 Å². The number of rotatable bonds is 5. The van der Waals surface area contributed by atoms with Gasteiger partial charge in [0.25, 0.3) is 23.4 Å². The minimum atomic E-state index is -0.964. The number of esters is 1. The maximum absolute atomic E-state index is 12.4. The van der Waals surface area contributed by atoms with Crippen LogP contribution in [0.4, 0.5) is 5.69 Å². The Morgan fingerprint density at radius 2 is 1.89 bits per heavy atom. The first-order valence-electron chi connectivity index (χ1n) is 8.05. The van der Waals surface area contributed by atoms with Crippen molar-refractivity contribution in [1.29, 1.82) is 0 Å². The van der Waals surface area contributed by atoms with Crippen LogP contribution >= 0.6 is 0 Å². The highest BCUT2D eigenvalue weighted by Crippen LogP contribution is 2.30. The fourth-order valence-corrected chi connectivity index (χ4v) is 2.83. The number of nitro benzene ring substituents is 1. The first-order chi connectivity index (χ1) is 12.9. The number of amides is 3. The number of morpholine rings is 1. The van der Waals surface area contributed by atoms with Crippen molar-refractivity contribution in [3.63, 3.8) is 0 Å². The second kappa shape index (κ2) is 7.50. The lowest BCUT2D eigenvalue weighted by Gasteiger charge is -2.26. The monoisotopic (exact) mass is 377 g/mol. The van der Waals surface area contributed by atoms with Gasteiger partial charge in [-0.1, -0.05) is 6.07 Å². The smallest absolute Gasteiger partial charge is 0.326 e. The van der Waals surface area contributed by atoms with E-state index in [1.54, 1.807) is 0 Å². The number of carbonyl (C=O) groups is 4. The van der Waals surface area contributed by atoms with E-state index in [9.17, 15) is 29.3 Å². The molecule has 3 amide bonds. The molecule has 11 heteroatoms. The molecule has 2 aliphatic rings. The molecule has 2 aliphatic heterocycles. The molecule has 0 atom stereocenters. The van der Waals surface area contributed by atoms with Crippen molar-refractivity contribution in [2.75, 3.05) is 39.5 Å². The first kappa shape index (κ1) is 18.5. The molecule has 142 valence electrons. The fraction of sp³-hybridized carbons (Fsp3) is 0.375. The number of benzene rings is 1. The van der Waals surface area contributed by atoms with Crippen LogP contribution in [-0.2, 0) is 19.1 Å². The number of ether oxygens (including phenoxy) is 2. The Hall–Kier alpha value is -3.34. The van der Waals surface area contributed by atoms with Crippen LogP contribution in [0.15, 0.2) is 18.2 Å². The molecule has 0 unspecified atom stereocenters. The normalized spacial score (nSPS) is 16.3. The van der Waals surface area contributed by atoms with Crippen LogP contribution in [0, 0.1) is 10.1 Å². The van der Waals surface area contributed by atoms with Gasteiger partial charge in [-0.2, -0.15) is 0 Å². The number of nitro groups is 1. The van der Waals surface area contributed by atoms with E-state index in [4.69, 9.17) is 9.47 Å². The van der Waals surface area contributed by atoms with Crippen molar-refractivity contribution < 1.29 is 33.6 Å². The standard InChI is InChI=1S/C16H15N3O8/c20-12(17-4-6-26-7-5-17)9-27-13(21)8-18-15(22)10-2-1-3-11(19(24)25)14(10)16(18)23/h1-3H,4-9H2. The molecule has 0 saturated carbocycles. The van der Waals surface area contributed by atoms with Gasteiger partial charge in [0.15, 0.2) is 6.61 Å². The van der Waals surface area contributed by atoms with E-state index in [1.165, 1.54) is 17.0 Å². The van der Waals surface area contributed by atoms with E-state index in [2.05, 4.69) is 0 Å². The lowest BCUT2D eigenvalue weighted by molar-refractivity contribution is -0.385. The topological polar surface area (TPSA) is 136 Å². The van der Waals surface area contributed by atoms with Crippen LogP contribution in [0.5, 0.6) is 0 Å². The first-order valence-corrected chi connectivity index (χ1v) is 8.05. The Kier molecular flexibility index (Phi) is 5.12. The number of hydrogen-bond donors (Lipinski definition) is 0. The molecule has 0 aromatic heterocycles. The Balaban J connectivity index is 1.62. The van der Waals surface area contributed by atoms with Gasteiger partial charge in [-0.25, -0.2) is 0 Å². The molecule has 27 heavy (non-hydrogen) atoms. The van der Waals surface area contributed by atoms with Gasteiger partial charge in [-0.05, 0) is 6.07 Å². The minimum Gasteiger partial charge on any atom is -0.454 e. The summed E-state index contributed by atoms with van der Waals surface area (Å²) in [6, 6.07) is 3.66. The quantitative estimate of drug-likeness (QED) is 0.292. The summed E-state index contributed by atoms with van der Waals surface area (Å²) in [4.78, 5) is 60.9. The molecular formula is C16H15N3O8. The van der Waals surface area contributed by atoms with Gasteiger partial charge in [0.1, 0.15) is 12.1 Å². The summed E-state index contributed by atoms with van der Waals surface area (Å²) < 4.78 is 9.95. The van der Waals surface area contributed by atoms with Gasteiger partial charge < -0.3 is 14.4 Å². The van der Waals surface area contributed by atoms with E-state index >= 15 is 0 Å². The number of imide groups is 1. The average Bonchev–Trinajstić information content (AvgIpc) is 2.91. The highest BCUT2D eigenvalue weighted by Gasteiger charge is 2.42. The third-order valence-electron chi connectivity index (χ3n) is 4.18. The molecule has 0 N–H and O–H groups in total. The summed E-state index contributed by atoms with van der Waals surface area (Å²) >= 11 is 0. The fourth-order valence-electron chi connectivity index (χ4n) is 2.83. The van der Waals surface area contributed by atoms with E-state index < -0.39 is 47.5 Å². The second-order valence-electron chi connectivity index (χ2n) is 5.81. The maximum Gasteiger partial charge on any atom is 0.326 e. The molecule has 3 rings (SSSR count). The summed E-state index contributed by atoms with van der Waals surface area (Å²) in [6.07, 6.45) is 0. The van der Waals surface area contributed by atoms with Gasteiger partial charge in [0.2, 0.25) is 0 Å². The highest BCUT2D eigenvalue weighted by atomic mass is 16.6. The maximum atomic E-state index is 12.4. The van der Waals surface area contributed by atoms with Crippen LogP contribution in [0.25, 0.3) is 0 Å². The highest BCUT2D eigenvalue weighted by molar-refractivity contribution is 6.24. The van der Waals surface area contributed by atoms with Crippen LogP contribution in [-0.4, -0.2) is 77.9 Å². The van der Waals surface area contributed by atoms with Gasteiger partial charge in [-0.15, -0.1) is 0 Å². The summed E-state index contributed by atoms with van der Waals surface area (Å²) in [6.45, 7) is 0.306. The Morgan fingerprint density at radius 1 is 1.19 bits per heavy atom. The summed E-state index contributed by atoms with van der Waals surface area (Å²) in [5, 5.41) is 11.1. The predicted molar refractivity (Wildman–Crippen MR) is 86.8 cm³/mol. The van der Waals surface area contributed by atoms with Gasteiger partial charge >= 0.3 is 5.97 Å². The molecule has 1 aromatic rings. The van der Waals surface area contributed by atoms with Crippen LogP contribution in [0.1, 0.15) is 20.7 Å². The van der Waals surface area contributed by atoms with Crippen molar-refractivity contribution in [2.45, 2.75) is 0 Å². The molecule has 0 radical (unpaired) electrons. The third-order valence-corrected chi connectivity index (χ3v) is 4.18. The summed E-state index contributed by atoms with van der Waals surface area (Å²) in [5.74, 6) is -3.15.